The molecule has 3 rings (SSSR count). The van der Waals surface area contributed by atoms with E-state index < -0.39 is 0 Å². The number of nitrogens with one attached hydrogen (secondary N) is 1. The molecule has 1 aliphatic rings. The zero-order valence-corrected chi connectivity index (χ0v) is 13.9. The molecule has 122 valence electrons. The minimum Gasteiger partial charge on any atom is -0.317 e. The highest BCUT2D eigenvalue weighted by molar-refractivity contribution is 6.05. The summed E-state index contributed by atoms with van der Waals surface area (Å²) >= 11 is 0. The fourth-order valence-electron chi connectivity index (χ4n) is 2.98. The van der Waals surface area contributed by atoms with E-state index in [1.54, 1.807) is 11.9 Å². The minimum absolute atomic E-state index is 0.119. The van der Waals surface area contributed by atoms with Gasteiger partial charge in [-0.15, -0.1) is 5.10 Å². The van der Waals surface area contributed by atoms with E-state index in [0.717, 1.165) is 37.3 Å². The van der Waals surface area contributed by atoms with Crippen molar-refractivity contribution >= 4 is 11.6 Å². The molecule has 1 aliphatic heterocycles. The molecule has 1 fully saturated rings. The van der Waals surface area contributed by atoms with Crippen LogP contribution >= 0.6 is 0 Å². The van der Waals surface area contributed by atoms with Gasteiger partial charge >= 0.3 is 0 Å². The van der Waals surface area contributed by atoms with Gasteiger partial charge in [-0.2, -0.15) is 0 Å². The lowest BCUT2D eigenvalue weighted by Gasteiger charge is -2.23. The van der Waals surface area contributed by atoms with Crippen LogP contribution in [-0.2, 0) is 0 Å². The van der Waals surface area contributed by atoms with Crippen LogP contribution in [0, 0.1) is 13.8 Å². The normalized spacial score (nSPS) is 15.6. The van der Waals surface area contributed by atoms with Gasteiger partial charge in [-0.25, -0.2) is 4.68 Å². The van der Waals surface area contributed by atoms with Crippen molar-refractivity contribution in [1.82, 2.24) is 20.3 Å². The van der Waals surface area contributed by atoms with Crippen molar-refractivity contribution in [3.63, 3.8) is 0 Å². The molecule has 0 bridgehead atoms. The molecule has 6 nitrogen and oxygen atoms in total. The fraction of sp³-hybridized carbons (Fsp3) is 0.471. The summed E-state index contributed by atoms with van der Waals surface area (Å²) in [5.74, 6) is -0.119. The quantitative estimate of drug-likeness (QED) is 0.942. The van der Waals surface area contributed by atoms with Gasteiger partial charge in [-0.05, 0) is 51.9 Å². The Kier molecular flexibility index (Phi) is 4.43. The number of nitrogens with zero attached hydrogens (tertiary/aromatic N) is 4. The molecule has 0 radical (unpaired) electrons. The molecule has 1 aromatic carbocycles. The third-order valence-electron chi connectivity index (χ3n) is 4.51. The smallest absolute Gasteiger partial charge is 0.280 e. The van der Waals surface area contributed by atoms with Gasteiger partial charge in [0.15, 0.2) is 5.69 Å². The number of benzene rings is 1. The lowest BCUT2D eigenvalue weighted by molar-refractivity contribution is 0.0987. The Morgan fingerprint density at radius 1 is 1.22 bits per heavy atom. The Morgan fingerprint density at radius 2 is 1.87 bits per heavy atom. The number of piperidine rings is 1. The Hall–Kier alpha value is -2.21. The maximum Gasteiger partial charge on any atom is 0.280 e. The summed E-state index contributed by atoms with van der Waals surface area (Å²) in [6.07, 6.45) is 2.04. The van der Waals surface area contributed by atoms with Gasteiger partial charge in [0.1, 0.15) is 0 Å². The first kappa shape index (κ1) is 15.7. The lowest BCUT2D eigenvalue weighted by Crippen LogP contribution is -2.30. The summed E-state index contributed by atoms with van der Waals surface area (Å²) in [6, 6.07) is 8.21. The number of aromatic nitrogens is 3. The maximum atomic E-state index is 12.7. The van der Waals surface area contributed by atoms with Crippen LogP contribution in [0.3, 0.4) is 0 Å². The predicted octanol–water partition coefficient (Wildman–Crippen LogP) is 2.10. The van der Waals surface area contributed by atoms with Gasteiger partial charge in [-0.3, -0.25) is 4.79 Å². The van der Waals surface area contributed by atoms with Crippen molar-refractivity contribution < 1.29 is 4.79 Å². The van der Waals surface area contributed by atoms with Gasteiger partial charge in [-0.1, -0.05) is 22.9 Å². The standard InChI is InChI=1S/C17H23N5O/c1-12-4-6-14(7-5-12)21(3)17(23)16-13(2)22(20-19-16)15-8-10-18-11-9-15/h4-7,15,18H,8-11H2,1-3H3. The van der Waals surface area contributed by atoms with Gasteiger partial charge < -0.3 is 10.2 Å². The number of aryl methyl sites for hydroxylation is 1. The Balaban J connectivity index is 1.82. The Bertz CT molecular complexity index is 686. The van der Waals surface area contributed by atoms with E-state index in [2.05, 4.69) is 15.6 Å². The van der Waals surface area contributed by atoms with Crippen LogP contribution in [0.1, 0.15) is 40.6 Å². The third-order valence-corrected chi connectivity index (χ3v) is 4.51. The summed E-state index contributed by atoms with van der Waals surface area (Å²) in [4.78, 5) is 14.4. The third kappa shape index (κ3) is 3.12. The van der Waals surface area contributed by atoms with Crippen LogP contribution in [0.25, 0.3) is 0 Å². The molecule has 0 unspecified atom stereocenters. The van der Waals surface area contributed by atoms with Crippen molar-refractivity contribution in [2.45, 2.75) is 32.7 Å². The second-order valence-electron chi connectivity index (χ2n) is 6.15. The van der Waals surface area contributed by atoms with Crippen LogP contribution in [0.2, 0.25) is 0 Å². The van der Waals surface area contributed by atoms with E-state index in [1.807, 2.05) is 42.8 Å². The molecule has 0 spiro atoms. The van der Waals surface area contributed by atoms with Crippen LogP contribution in [0.5, 0.6) is 0 Å². The molecule has 1 saturated heterocycles. The van der Waals surface area contributed by atoms with Crippen molar-refractivity contribution in [2.75, 3.05) is 25.0 Å². The van der Waals surface area contributed by atoms with E-state index in [0.29, 0.717) is 11.7 Å². The molecule has 0 aliphatic carbocycles. The van der Waals surface area contributed by atoms with Crippen molar-refractivity contribution in [2.24, 2.45) is 0 Å². The number of amides is 1. The predicted molar refractivity (Wildman–Crippen MR) is 89.8 cm³/mol. The van der Waals surface area contributed by atoms with E-state index in [1.165, 1.54) is 5.56 Å². The summed E-state index contributed by atoms with van der Waals surface area (Å²) < 4.78 is 1.91. The van der Waals surface area contributed by atoms with Crippen LogP contribution < -0.4 is 10.2 Å². The molecule has 6 heteroatoms. The van der Waals surface area contributed by atoms with Gasteiger partial charge in [0.05, 0.1) is 11.7 Å². The SMILES string of the molecule is Cc1ccc(N(C)C(=O)c2nnn(C3CCNCC3)c2C)cc1. The molecule has 23 heavy (non-hydrogen) atoms. The monoisotopic (exact) mass is 313 g/mol. The Morgan fingerprint density at radius 3 is 2.52 bits per heavy atom. The van der Waals surface area contributed by atoms with Crippen molar-refractivity contribution in [3.8, 4) is 0 Å². The molecule has 1 amide bonds. The van der Waals surface area contributed by atoms with E-state index in [-0.39, 0.29) is 5.91 Å². The molecular weight excluding hydrogens is 290 g/mol. The Labute approximate surface area is 136 Å². The second kappa shape index (κ2) is 6.50. The zero-order chi connectivity index (χ0) is 16.4. The van der Waals surface area contributed by atoms with E-state index >= 15 is 0 Å². The first-order chi connectivity index (χ1) is 11.1. The first-order valence-corrected chi connectivity index (χ1v) is 8.05. The highest BCUT2D eigenvalue weighted by Crippen LogP contribution is 2.22. The number of carbonyl (C=O) groups excluding carboxylic acids is 1. The summed E-state index contributed by atoms with van der Waals surface area (Å²) in [5.41, 5.74) is 3.31. The zero-order valence-electron chi connectivity index (χ0n) is 13.9. The second-order valence-corrected chi connectivity index (χ2v) is 6.15. The van der Waals surface area contributed by atoms with Crippen molar-refractivity contribution in [1.29, 1.82) is 0 Å². The number of hydrogen-bond donors (Lipinski definition) is 1. The minimum atomic E-state index is -0.119. The van der Waals surface area contributed by atoms with E-state index in [4.69, 9.17) is 0 Å². The van der Waals surface area contributed by atoms with Crippen molar-refractivity contribution in [3.05, 3.63) is 41.2 Å². The summed E-state index contributed by atoms with van der Waals surface area (Å²) in [6.45, 7) is 5.92. The molecule has 1 N–H and O–H groups in total. The summed E-state index contributed by atoms with van der Waals surface area (Å²) in [5, 5.41) is 11.7. The average Bonchev–Trinajstić information content (AvgIpc) is 2.96. The summed E-state index contributed by atoms with van der Waals surface area (Å²) in [7, 11) is 1.77. The molecule has 1 aromatic heterocycles. The maximum absolute atomic E-state index is 12.7. The molecule has 2 heterocycles. The van der Waals surface area contributed by atoms with Crippen LogP contribution in [-0.4, -0.2) is 41.0 Å². The van der Waals surface area contributed by atoms with Crippen LogP contribution in [0.15, 0.2) is 24.3 Å². The highest BCUT2D eigenvalue weighted by atomic mass is 16.2. The van der Waals surface area contributed by atoms with Gasteiger partial charge in [0.25, 0.3) is 5.91 Å². The number of hydrogen-bond acceptors (Lipinski definition) is 4. The number of rotatable bonds is 3. The fourth-order valence-corrected chi connectivity index (χ4v) is 2.98. The first-order valence-electron chi connectivity index (χ1n) is 8.05. The molecule has 0 saturated carbocycles. The van der Waals surface area contributed by atoms with Crippen LogP contribution in [0.4, 0.5) is 5.69 Å². The highest BCUT2D eigenvalue weighted by Gasteiger charge is 2.25. The molecular formula is C17H23N5O. The molecule has 2 aromatic rings. The largest absolute Gasteiger partial charge is 0.317 e. The lowest BCUT2D eigenvalue weighted by atomic mass is 10.1. The molecule has 0 atom stereocenters. The van der Waals surface area contributed by atoms with Gasteiger partial charge in [0, 0.05) is 12.7 Å². The van der Waals surface area contributed by atoms with Gasteiger partial charge in [0.2, 0.25) is 0 Å². The topological polar surface area (TPSA) is 63.1 Å². The number of carbonyl (C=O) groups is 1. The average molecular weight is 313 g/mol. The number of anilines is 1. The van der Waals surface area contributed by atoms with E-state index in [9.17, 15) is 4.79 Å².